The quantitative estimate of drug-likeness (QED) is 0.452. The Labute approximate surface area is 170 Å². The Bertz CT molecular complexity index is 1160. The van der Waals surface area contributed by atoms with Gasteiger partial charge in [0.05, 0.1) is 4.90 Å². The standard InChI is InChI=1S/C18H13ClN4O3S2/c19-14-8-6-13(7-9-14)17-21-16(26-22-17)12-23(18-20-10-11-27-18)28(24,25)15-4-2-1-3-5-15/h1-11H,12H2. The van der Waals surface area contributed by atoms with Crippen LogP contribution < -0.4 is 4.31 Å². The number of halogens is 1. The van der Waals surface area contributed by atoms with Gasteiger partial charge in [0.2, 0.25) is 11.7 Å². The fraction of sp³-hybridized carbons (Fsp3) is 0.0556. The van der Waals surface area contributed by atoms with Crippen molar-refractivity contribution in [1.82, 2.24) is 15.1 Å². The van der Waals surface area contributed by atoms with Crippen LogP contribution in [-0.2, 0) is 16.6 Å². The summed E-state index contributed by atoms with van der Waals surface area (Å²) in [6.07, 6.45) is 1.54. The molecule has 0 spiro atoms. The zero-order valence-corrected chi connectivity index (χ0v) is 16.7. The van der Waals surface area contributed by atoms with Gasteiger partial charge in [0.15, 0.2) is 5.13 Å². The average Bonchev–Trinajstić information content (AvgIpc) is 3.39. The van der Waals surface area contributed by atoms with Crippen molar-refractivity contribution < 1.29 is 12.9 Å². The van der Waals surface area contributed by atoms with E-state index in [4.69, 9.17) is 16.1 Å². The summed E-state index contributed by atoms with van der Waals surface area (Å²) >= 11 is 7.10. The van der Waals surface area contributed by atoms with Crippen LogP contribution in [0, 0.1) is 0 Å². The van der Waals surface area contributed by atoms with E-state index >= 15 is 0 Å². The van der Waals surface area contributed by atoms with E-state index < -0.39 is 10.0 Å². The van der Waals surface area contributed by atoms with E-state index in [2.05, 4.69) is 15.1 Å². The summed E-state index contributed by atoms with van der Waals surface area (Å²) in [6.45, 7) is -0.134. The number of nitrogens with zero attached hydrogens (tertiary/aromatic N) is 4. The van der Waals surface area contributed by atoms with Crippen LogP contribution in [0.5, 0.6) is 0 Å². The van der Waals surface area contributed by atoms with Crippen LogP contribution in [0.25, 0.3) is 11.4 Å². The van der Waals surface area contributed by atoms with Crippen LogP contribution in [0.15, 0.2) is 75.6 Å². The van der Waals surface area contributed by atoms with Crippen molar-refractivity contribution in [2.75, 3.05) is 4.31 Å². The number of thiazole rings is 1. The molecule has 28 heavy (non-hydrogen) atoms. The van der Waals surface area contributed by atoms with Gasteiger partial charge < -0.3 is 4.52 Å². The number of hydrogen-bond donors (Lipinski definition) is 0. The van der Waals surface area contributed by atoms with Crippen LogP contribution in [0.2, 0.25) is 5.02 Å². The molecule has 2 heterocycles. The van der Waals surface area contributed by atoms with Gasteiger partial charge in [0, 0.05) is 22.2 Å². The van der Waals surface area contributed by atoms with Crippen LogP contribution in [0.4, 0.5) is 5.13 Å². The van der Waals surface area contributed by atoms with E-state index in [0.717, 1.165) is 4.31 Å². The Morgan fingerprint density at radius 2 is 1.82 bits per heavy atom. The fourth-order valence-electron chi connectivity index (χ4n) is 2.47. The molecular formula is C18H13ClN4O3S2. The molecule has 4 aromatic rings. The zero-order valence-electron chi connectivity index (χ0n) is 14.3. The highest BCUT2D eigenvalue weighted by atomic mass is 35.5. The number of benzene rings is 2. The minimum atomic E-state index is -3.85. The summed E-state index contributed by atoms with van der Waals surface area (Å²) in [6, 6.07) is 15.1. The first-order valence-corrected chi connectivity index (χ1v) is 10.8. The van der Waals surface area contributed by atoms with E-state index in [9.17, 15) is 8.42 Å². The highest BCUT2D eigenvalue weighted by Crippen LogP contribution is 2.28. The Kier molecular flexibility index (Phi) is 5.12. The molecular weight excluding hydrogens is 420 g/mol. The van der Waals surface area contributed by atoms with E-state index in [1.807, 2.05) is 0 Å². The minimum absolute atomic E-state index is 0.134. The number of hydrogen-bond acceptors (Lipinski definition) is 7. The predicted octanol–water partition coefficient (Wildman–Crippen LogP) is 4.24. The minimum Gasteiger partial charge on any atom is -0.337 e. The largest absolute Gasteiger partial charge is 0.337 e. The fourth-order valence-corrected chi connectivity index (χ4v) is 4.86. The molecule has 2 aromatic heterocycles. The van der Waals surface area contributed by atoms with Crippen molar-refractivity contribution in [3.8, 4) is 11.4 Å². The third-order valence-electron chi connectivity index (χ3n) is 3.81. The second-order valence-corrected chi connectivity index (χ2v) is 8.83. The molecule has 0 N–H and O–H groups in total. The van der Waals surface area contributed by atoms with E-state index in [1.165, 1.54) is 23.5 Å². The summed E-state index contributed by atoms with van der Waals surface area (Å²) in [7, 11) is -3.85. The lowest BCUT2D eigenvalue weighted by Gasteiger charge is -2.19. The molecule has 7 nitrogen and oxygen atoms in total. The summed E-state index contributed by atoms with van der Waals surface area (Å²) in [5, 5.41) is 6.55. The summed E-state index contributed by atoms with van der Waals surface area (Å²) < 4.78 is 32.7. The maximum absolute atomic E-state index is 13.1. The van der Waals surface area contributed by atoms with Crippen molar-refractivity contribution in [2.24, 2.45) is 0 Å². The Hall–Kier alpha value is -2.75. The highest BCUT2D eigenvalue weighted by Gasteiger charge is 2.29. The number of aromatic nitrogens is 3. The molecule has 0 bridgehead atoms. The van der Waals surface area contributed by atoms with Crippen LogP contribution in [0.3, 0.4) is 0 Å². The molecule has 0 aliphatic heterocycles. The van der Waals surface area contributed by atoms with Gasteiger partial charge in [0.1, 0.15) is 6.54 Å². The van der Waals surface area contributed by atoms with Gasteiger partial charge in [0.25, 0.3) is 10.0 Å². The molecule has 4 rings (SSSR count). The summed E-state index contributed by atoms with van der Waals surface area (Å²) in [5.74, 6) is 0.502. The average molecular weight is 433 g/mol. The van der Waals surface area contributed by atoms with Gasteiger partial charge in [-0.05, 0) is 36.4 Å². The van der Waals surface area contributed by atoms with Gasteiger partial charge in [-0.2, -0.15) is 4.98 Å². The lowest BCUT2D eigenvalue weighted by molar-refractivity contribution is 0.380. The van der Waals surface area contributed by atoms with Gasteiger partial charge in [-0.3, -0.25) is 0 Å². The molecule has 0 aliphatic carbocycles. The molecule has 0 saturated carbocycles. The lowest BCUT2D eigenvalue weighted by Crippen LogP contribution is -2.30. The monoisotopic (exact) mass is 432 g/mol. The smallest absolute Gasteiger partial charge is 0.266 e. The molecule has 142 valence electrons. The van der Waals surface area contributed by atoms with Gasteiger partial charge >= 0.3 is 0 Å². The van der Waals surface area contributed by atoms with E-state index in [0.29, 0.717) is 21.5 Å². The molecule has 0 fully saturated rings. The Morgan fingerprint density at radius 3 is 2.50 bits per heavy atom. The van der Waals surface area contributed by atoms with Crippen molar-refractivity contribution in [3.05, 3.63) is 77.1 Å². The first kappa shape index (κ1) is 18.6. The normalized spacial score (nSPS) is 11.5. The number of anilines is 1. The number of rotatable bonds is 6. The molecule has 10 heteroatoms. The van der Waals surface area contributed by atoms with Crippen molar-refractivity contribution >= 4 is 38.1 Å². The van der Waals surface area contributed by atoms with E-state index in [1.54, 1.807) is 54.0 Å². The number of sulfonamides is 1. The van der Waals surface area contributed by atoms with Gasteiger partial charge in [-0.25, -0.2) is 17.7 Å². The zero-order chi connectivity index (χ0) is 19.6. The SMILES string of the molecule is O=S(=O)(c1ccccc1)N(Cc1nc(-c2ccc(Cl)cc2)no1)c1nccs1. The maximum atomic E-state index is 13.1. The first-order valence-electron chi connectivity index (χ1n) is 8.10. The van der Waals surface area contributed by atoms with Crippen LogP contribution in [0.1, 0.15) is 5.89 Å². The first-order chi connectivity index (χ1) is 13.5. The van der Waals surface area contributed by atoms with Crippen molar-refractivity contribution in [3.63, 3.8) is 0 Å². The van der Waals surface area contributed by atoms with E-state index in [-0.39, 0.29) is 17.3 Å². The molecule has 0 amide bonds. The van der Waals surface area contributed by atoms with Gasteiger partial charge in [-0.15, -0.1) is 11.3 Å². The maximum Gasteiger partial charge on any atom is 0.266 e. The predicted molar refractivity (Wildman–Crippen MR) is 107 cm³/mol. The van der Waals surface area contributed by atoms with Gasteiger partial charge in [-0.1, -0.05) is 35.0 Å². The second kappa shape index (κ2) is 7.70. The highest BCUT2D eigenvalue weighted by molar-refractivity contribution is 7.93. The molecule has 2 aromatic carbocycles. The molecule has 0 atom stereocenters. The Balaban J connectivity index is 1.67. The van der Waals surface area contributed by atoms with Crippen molar-refractivity contribution in [2.45, 2.75) is 11.4 Å². The summed E-state index contributed by atoms with van der Waals surface area (Å²) in [5.41, 5.74) is 0.714. The second-order valence-electron chi connectivity index (χ2n) is 5.66. The third-order valence-corrected chi connectivity index (χ3v) is 6.73. The third kappa shape index (κ3) is 3.77. The molecule has 0 radical (unpaired) electrons. The molecule has 0 unspecified atom stereocenters. The molecule has 0 saturated heterocycles. The van der Waals surface area contributed by atoms with Crippen LogP contribution >= 0.6 is 22.9 Å². The summed E-state index contributed by atoms with van der Waals surface area (Å²) in [4.78, 5) is 8.61. The topological polar surface area (TPSA) is 89.2 Å². The molecule has 0 aliphatic rings. The van der Waals surface area contributed by atoms with Crippen molar-refractivity contribution in [1.29, 1.82) is 0 Å². The van der Waals surface area contributed by atoms with Crippen LogP contribution in [-0.4, -0.2) is 23.5 Å². The Morgan fingerprint density at radius 1 is 1.07 bits per heavy atom. The lowest BCUT2D eigenvalue weighted by atomic mass is 10.2.